The molecule has 1 saturated heterocycles. The fourth-order valence-electron chi connectivity index (χ4n) is 3.66. The second-order valence-corrected chi connectivity index (χ2v) is 6.99. The highest BCUT2D eigenvalue weighted by Crippen LogP contribution is 2.41. The third-order valence-electron chi connectivity index (χ3n) is 4.93. The maximum absolute atomic E-state index is 13.8. The summed E-state index contributed by atoms with van der Waals surface area (Å²) in [5.41, 5.74) is 0.563. The minimum absolute atomic E-state index is 0.0719. The Labute approximate surface area is 159 Å². The SMILES string of the molecule is O=C(CN1C(=O)N[C@]2(CCc3ccccc32)C1=O)Nc1ccc(Cl)cc1F. The van der Waals surface area contributed by atoms with Gasteiger partial charge in [-0.3, -0.25) is 14.5 Å². The average Bonchev–Trinajstić information content (AvgIpc) is 3.11. The van der Waals surface area contributed by atoms with Crippen molar-refractivity contribution in [3.63, 3.8) is 0 Å². The first-order valence-corrected chi connectivity index (χ1v) is 8.76. The first-order valence-electron chi connectivity index (χ1n) is 8.38. The van der Waals surface area contributed by atoms with E-state index in [1.165, 1.54) is 12.1 Å². The average molecular weight is 388 g/mol. The summed E-state index contributed by atoms with van der Waals surface area (Å²) >= 11 is 5.68. The molecule has 1 aliphatic heterocycles. The predicted molar refractivity (Wildman–Crippen MR) is 96.7 cm³/mol. The number of carbonyl (C=O) groups excluding carboxylic acids is 3. The molecular weight excluding hydrogens is 373 g/mol. The predicted octanol–water partition coefficient (Wildman–Crippen LogP) is 2.81. The Morgan fingerprint density at radius 1 is 1.26 bits per heavy atom. The molecule has 4 amide bonds. The van der Waals surface area contributed by atoms with Crippen LogP contribution in [-0.4, -0.2) is 29.3 Å². The smallest absolute Gasteiger partial charge is 0.322 e. The lowest BCUT2D eigenvalue weighted by Gasteiger charge is -2.22. The van der Waals surface area contributed by atoms with Crippen LogP contribution in [0.5, 0.6) is 0 Å². The van der Waals surface area contributed by atoms with Crippen molar-refractivity contribution >= 4 is 35.1 Å². The molecule has 1 fully saturated rings. The van der Waals surface area contributed by atoms with Gasteiger partial charge in [-0.25, -0.2) is 9.18 Å². The molecule has 0 saturated carbocycles. The van der Waals surface area contributed by atoms with E-state index in [1.807, 2.05) is 24.3 Å². The molecule has 2 aliphatic rings. The van der Waals surface area contributed by atoms with Crippen LogP contribution in [-0.2, 0) is 21.5 Å². The molecule has 1 spiro atoms. The Morgan fingerprint density at radius 3 is 2.81 bits per heavy atom. The second kappa shape index (κ2) is 6.35. The summed E-state index contributed by atoms with van der Waals surface area (Å²) in [5.74, 6) is -1.85. The van der Waals surface area contributed by atoms with Gasteiger partial charge in [0.15, 0.2) is 0 Å². The number of benzene rings is 2. The van der Waals surface area contributed by atoms with Crippen LogP contribution in [0.3, 0.4) is 0 Å². The molecule has 6 nitrogen and oxygen atoms in total. The molecule has 27 heavy (non-hydrogen) atoms. The van der Waals surface area contributed by atoms with Crippen molar-refractivity contribution in [1.82, 2.24) is 10.2 Å². The van der Waals surface area contributed by atoms with Gasteiger partial charge < -0.3 is 10.6 Å². The van der Waals surface area contributed by atoms with Gasteiger partial charge in [0, 0.05) is 5.02 Å². The van der Waals surface area contributed by atoms with E-state index in [0.717, 1.165) is 22.1 Å². The van der Waals surface area contributed by atoms with Crippen molar-refractivity contribution < 1.29 is 18.8 Å². The highest BCUT2D eigenvalue weighted by atomic mass is 35.5. The number of carbonyl (C=O) groups is 3. The fourth-order valence-corrected chi connectivity index (χ4v) is 3.82. The number of urea groups is 1. The maximum atomic E-state index is 13.8. The number of rotatable bonds is 3. The number of hydrogen-bond acceptors (Lipinski definition) is 3. The molecule has 1 heterocycles. The van der Waals surface area contributed by atoms with Crippen molar-refractivity contribution in [1.29, 1.82) is 0 Å². The van der Waals surface area contributed by atoms with Gasteiger partial charge in [-0.05, 0) is 42.2 Å². The number of imide groups is 1. The van der Waals surface area contributed by atoms with Crippen LogP contribution in [0.15, 0.2) is 42.5 Å². The minimum Gasteiger partial charge on any atom is -0.322 e. The Hall–Kier alpha value is -2.93. The van der Waals surface area contributed by atoms with Crippen molar-refractivity contribution in [3.05, 3.63) is 64.4 Å². The van der Waals surface area contributed by atoms with Crippen LogP contribution in [0.25, 0.3) is 0 Å². The van der Waals surface area contributed by atoms with Gasteiger partial charge in [0.2, 0.25) is 5.91 Å². The lowest BCUT2D eigenvalue weighted by Crippen LogP contribution is -2.43. The van der Waals surface area contributed by atoms with E-state index in [1.54, 1.807) is 0 Å². The van der Waals surface area contributed by atoms with E-state index < -0.39 is 35.7 Å². The van der Waals surface area contributed by atoms with E-state index in [2.05, 4.69) is 10.6 Å². The quantitative estimate of drug-likeness (QED) is 0.795. The standard InChI is InChI=1S/C19H15ClFN3O3/c20-12-5-6-15(14(21)9-12)22-16(25)10-24-17(26)19(23-18(24)27)8-7-11-3-1-2-4-13(11)19/h1-6,9H,7-8,10H2,(H,22,25)(H,23,27)/t19-/m0/s1. The lowest BCUT2D eigenvalue weighted by atomic mass is 9.92. The van der Waals surface area contributed by atoms with Crippen molar-refractivity contribution in [2.45, 2.75) is 18.4 Å². The maximum Gasteiger partial charge on any atom is 0.325 e. The van der Waals surface area contributed by atoms with Gasteiger partial charge in [-0.15, -0.1) is 0 Å². The van der Waals surface area contributed by atoms with Gasteiger partial charge >= 0.3 is 6.03 Å². The summed E-state index contributed by atoms with van der Waals surface area (Å²) in [4.78, 5) is 38.5. The molecule has 4 rings (SSSR count). The zero-order chi connectivity index (χ0) is 19.2. The fraction of sp³-hybridized carbons (Fsp3) is 0.211. The second-order valence-electron chi connectivity index (χ2n) is 6.56. The first-order chi connectivity index (χ1) is 12.9. The normalized spacial score (nSPS) is 20.7. The summed E-state index contributed by atoms with van der Waals surface area (Å²) in [6.07, 6.45) is 1.11. The molecule has 2 N–H and O–H groups in total. The van der Waals surface area contributed by atoms with Crippen LogP contribution in [0.4, 0.5) is 14.9 Å². The van der Waals surface area contributed by atoms with Gasteiger partial charge in [-0.2, -0.15) is 0 Å². The van der Waals surface area contributed by atoms with Gasteiger partial charge in [0.25, 0.3) is 5.91 Å². The lowest BCUT2D eigenvalue weighted by molar-refractivity contribution is -0.134. The third kappa shape index (κ3) is 2.84. The summed E-state index contributed by atoms with van der Waals surface area (Å²) in [7, 11) is 0. The number of aryl methyl sites for hydroxylation is 1. The molecule has 8 heteroatoms. The van der Waals surface area contributed by atoms with Crippen molar-refractivity contribution in [3.8, 4) is 0 Å². The molecule has 2 aromatic rings. The Balaban J connectivity index is 1.53. The number of hydrogen-bond donors (Lipinski definition) is 2. The van der Waals surface area contributed by atoms with Crippen LogP contribution in [0, 0.1) is 5.82 Å². The van der Waals surface area contributed by atoms with E-state index in [0.29, 0.717) is 12.8 Å². The molecule has 1 aliphatic carbocycles. The monoisotopic (exact) mass is 387 g/mol. The van der Waals surface area contributed by atoms with Crippen molar-refractivity contribution in [2.24, 2.45) is 0 Å². The van der Waals surface area contributed by atoms with Crippen LogP contribution in [0.2, 0.25) is 5.02 Å². The Bertz CT molecular complexity index is 980. The first kappa shape index (κ1) is 17.5. The summed E-state index contributed by atoms with van der Waals surface area (Å²) < 4.78 is 13.8. The van der Waals surface area contributed by atoms with Crippen LogP contribution in [0.1, 0.15) is 17.5 Å². The number of anilines is 1. The van der Waals surface area contributed by atoms with Gasteiger partial charge in [0.1, 0.15) is 17.9 Å². The molecule has 2 aromatic carbocycles. The number of nitrogens with one attached hydrogen (secondary N) is 2. The molecule has 0 radical (unpaired) electrons. The molecule has 138 valence electrons. The number of fused-ring (bicyclic) bond motifs is 2. The van der Waals surface area contributed by atoms with E-state index in [-0.39, 0.29) is 10.7 Å². The zero-order valence-corrected chi connectivity index (χ0v) is 14.8. The van der Waals surface area contributed by atoms with E-state index >= 15 is 0 Å². The summed E-state index contributed by atoms with van der Waals surface area (Å²) in [6.45, 7) is -0.503. The third-order valence-corrected chi connectivity index (χ3v) is 5.16. The molecule has 1 atom stereocenters. The number of amides is 4. The summed E-state index contributed by atoms with van der Waals surface area (Å²) in [5, 5.41) is 5.29. The Kier molecular flexibility index (Phi) is 4.11. The number of halogens is 2. The number of nitrogens with zero attached hydrogens (tertiary/aromatic N) is 1. The van der Waals surface area contributed by atoms with E-state index in [9.17, 15) is 18.8 Å². The van der Waals surface area contributed by atoms with E-state index in [4.69, 9.17) is 11.6 Å². The van der Waals surface area contributed by atoms with Crippen molar-refractivity contribution in [2.75, 3.05) is 11.9 Å². The topological polar surface area (TPSA) is 78.5 Å². The molecule has 0 bridgehead atoms. The molecular formula is C19H15ClFN3O3. The van der Waals surface area contributed by atoms with Crippen LogP contribution < -0.4 is 10.6 Å². The van der Waals surface area contributed by atoms with Gasteiger partial charge in [-0.1, -0.05) is 35.9 Å². The summed E-state index contributed by atoms with van der Waals surface area (Å²) in [6, 6.07) is 10.6. The highest BCUT2D eigenvalue weighted by molar-refractivity contribution is 6.30. The highest BCUT2D eigenvalue weighted by Gasteiger charge is 2.55. The largest absolute Gasteiger partial charge is 0.325 e. The van der Waals surface area contributed by atoms with Crippen LogP contribution >= 0.6 is 11.6 Å². The molecule has 0 aromatic heterocycles. The zero-order valence-electron chi connectivity index (χ0n) is 14.1. The minimum atomic E-state index is -1.13. The van der Waals surface area contributed by atoms with Gasteiger partial charge in [0.05, 0.1) is 5.69 Å². The Morgan fingerprint density at radius 2 is 2.04 bits per heavy atom. The molecule has 0 unspecified atom stereocenters.